The summed E-state index contributed by atoms with van der Waals surface area (Å²) in [4.78, 5) is 23.1. The highest BCUT2D eigenvalue weighted by molar-refractivity contribution is 5.69. The van der Waals surface area contributed by atoms with Crippen LogP contribution in [0.5, 0.6) is 0 Å². The summed E-state index contributed by atoms with van der Waals surface area (Å²) in [5, 5.41) is 0. The summed E-state index contributed by atoms with van der Waals surface area (Å²) in [5.41, 5.74) is 0. The maximum atomic E-state index is 12.2. The Bertz CT molecular complexity index is 476. The van der Waals surface area contributed by atoms with Crippen molar-refractivity contribution in [3.05, 3.63) is 0 Å². The van der Waals surface area contributed by atoms with Crippen molar-refractivity contribution in [3.8, 4) is 0 Å². The average molecular weight is 536 g/mol. The van der Waals surface area contributed by atoms with Gasteiger partial charge >= 0.3 is 5.97 Å². The number of carbonyl (C=O) groups excluding carboxylic acids is 2. The quantitative estimate of drug-likeness (QED) is 0.0635. The fourth-order valence-electron chi connectivity index (χ4n) is 5.39. The molecule has 0 rings (SSSR count). The third-order valence-electron chi connectivity index (χ3n) is 7.97. The number of hydrogen-bond donors (Lipinski definition) is 0. The molecule has 0 aliphatic heterocycles. The lowest BCUT2D eigenvalue weighted by Crippen LogP contribution is -2.18. The first-order valence-electron chi connectivity index (χ1n) is 17.3. The van der Waals surface area contributed by atoms with Gasteiger partial charge in [0.1, 0.15) is 6.10 Å². The zero-order valence-electron chi connectivity index (χ0n) is 26.0. The summed E-state index contributed by atoms with van der Waals surface area (Å²) in [6.45, 7) is 4.54. The van der Waals surface area contributed by atoms with Crippen LogP contribution in [0.25, 0.3) is 0 Å². The predicted molar refractivity (Wildman–Crippen MR) is 165 cm³/mol. The van der Waals surface area contributed by atoms with Crippen molar-refractivity contribution in [2.75, 3.05) is 0 Å². The lowest BCUT2D eigenvalue weighted by Gasteiger charge is -2.15. The lowest BCUT2D eigenvalue weighted by atomic mass is 10.0. The van der Waals surface area contributed by atoms with Crippen LogP contribution in [0.4, 0.5) is 0 Å². The molecule has 0 saturated carbocycles. The topological polar surface area (TPSA) is 43.4 Å². The van der Waals surface area contributed by atoms with Crippen LogP contribution in [-0.4, -0.2) is 18.4 Å². The summed E-state index contributed by atoms with van der Waals surface area (Å²) >= 11 is 0. The molecule has 0 aromatic rings. The summed E-state index contributed by atoms with van der Waals surface area (Å²) in [6, 6.07) is 0. The van der Waals surface area contributed by atoms with Crippen LogP contribution < -0.4 is 0 Å². The van der Waals surface area contributed by atoms with E-state index in [0.29, 0.717) is 6.42 Å². The third kappa shape index (κ3) is 29.7. The Morgan fingerprint density at radius 3 is 1.16 bits per heavy atom. The number of rotatable bonds is 32. The second-order valence-corrected chi connectivity index (χ2v) is 11.8. The number of unbranched alkanes of at least 4 members (excludes halogenated alkanes) is 25. The molecule has 0 aromatic heterocycles. The SMILES string of the molecule is CCCCCCCCCCCCCCCCCCCC(=O)OC(C[C]=O)CCCCCCCCCCCC. The highest BCUT2D eigenvalue weighted by Crippen LogP contribution is 2.17. The Morgan fingerprint density at radius 2 is 0.816 bits per heavy atom. The Balaban J connectivity index is 3.48. The van der Waals surface area contributed by atoms with Gasteiger partial charge in [-0.3, -0.25) is 9.59 Å². The normalized spacial score (nSPS) is 12.1. The van der Waals surface area contributed by atoms with Crippen LogP contribution in [0.2, 0.25) is 0 Å². The summed E-state index contributed by atoms with van der Waals surface area (Å²) in [5.74, 6) is -0.127. The van der Waals surface area contributed by atoms with Crippen LogP contribution in [0.1, 0.15) is 206 Å². The summed E-state index contributed by atoms with van der Waals surface area (Å²) in [7, 11) is 0. The van der Waals surface area contributed by atoms with E-state index >= 15 is 0 Å². The molecule has 0 aliphatic rings. The van der Waals surface area contributed by atoms with Crippen molar-refractivity contribution in [1.29, 1.82) is 0 Å². The molecule has 0 aromatic carbocycles. The first-order valence-corrected chi connectivity index (χ1v) is 17.3. The van der Waals surface area contributed by atoms with Crippen LogP contribution in [0.15, 0.2) is 0 Å². The van der Waals surface area contributed by atoms with Crippen molar-refractivity contribution in [1.82, 2.24) is 0 Å². The van der Waals surface area contributed by atoms with Crippen LogP contribution in [0.3, 0.4) is 0 Å². The Kier molecular flexibility index (Phi) is 31.6. The van der Waals surface area contributed by atoms with E-state index in [1.807, 2.05) is 6.29 Å². The van der Waals surface area contributed by atoms with E-state index in [-0.39, 0.29) is 18.5 Å². The molecule has 0 amide bonds. The number of esters is 1. The zero-order chi connectivity index (χ0) is 27.8. The second kappa shape index (κ2) is 32.4. The van der Waals surface area contributed by atoms with E-state index in [9.17, 15) is 9.59 Å². The molecule has 0 N–H and O–H groups in total. The van der Waals surface area contributed by atoms with Gasteiger partial charge in [0.2, 0.25) is 6.29 Å². The monoisotopic (exact) mass is 536 g/mol. The van der Waals surface area contributed by atoms with Gasteiger partial charge in [-0.05, 0) is 19.3 Å². The molecule has 0 spiro atoms. The molecular formula is C35H67O3. The van der Waals surface area contributed by atoms with E-state index in [0.717, 1.165) is 25.7 Å². The molecule has 1 unspecified atom stereocenters. The van der Waals surface area contributed by atoms with Crippen molar-refractivity contribution >= 4 is 12.3 Å². The van der Waals surface area contributed by atoms with E-state index in [1.165, 1.54) is 154 Å². The molecule has 0 fully saturated rings. The highest BCUT2D eigenvalue weighted by Gasteiger charge is 2.14. The third-order valence-corrected chi connectivity index (χ3v) is 7.97. The fraction of sp³-hybridized carbons (Fsp3) is 0.943. The second-order valence-electron chi connectivity index (χ2n) is 11.8. The van der Waals surface area contributed by atoms with Crippen LogP contribution >= 0.6 is 0 Å². The van der Waals surface area contributed by atoms with Crippen molar-refractivity contribution in [2.45, 2.75) is 213 Å². The van der Waals surface area contributed by atoms with E-state index in [1.54, 1.807) is 0 Å². The maximum Gasteiger partial charge on any atom is 0.306 e. The molecule has 0 aliphatic carbocycles. The number of carbonyl (C=O) groups is 1. The number of hydrogen-bond acceptors (Lipinski definition) is 3. The maximum absolute atomic E-state index is 12.2. The summed E-state index contributed by atoms with van der Waals surface area (Å²) in [6.07, 6.45) is 38.9. The highest BCUT2D eigenvalue weighted by atomic mass is 16.5. The molecule has 0 saturated heterocycles. The predicted octanol–water partition coefficient (Wildman–Crippen LogP) is 11.8. The molecule has 0 bridgehead atoms. The van der Waals surface area contributed by atoms with E-state index in [4.69, 9.17) is 4.74 Å². The van der Waals surface area contributed by atoms with Crippen molar-refractivity contribution < 1.29 is 14.3 Å². The molecule has 38 heavy (non-hydrogen) atoms. The van der Waals surface area contributed by atoms with Gasteiger partial charge in [0.25, 0.3) is 0 Å². The Labute approximate surface area is 239 Å². The zero-order valence-corrected chi connectivity index (χ0v) is 26.0. The largest absolute Gasteiger partial charge is 0.462 e. The molecular weight excluding hydrogens is 468 g/mol. The first kappa shape index (κ1) is 37.1. The van der Waals surface area contributed by atoms with E-state index < -0.39 is 0 Å². The van der Waals surface area contributed by atoms with Crippen LogP contribution in [-0.2, 0) is 14.3 Å². The minimum absolute atomic E-state index is 0.127. The smallest absolute Gasteiger partial charge is 0.306 e. The molecule has 1 radical (unpaired) electrons. The van der Waals surface area contributed by atoms with Gasteiger partial charge in [-0.1, -0.05) is 174 Å². The van der Waals surface area contributed by atoms with Gasteiger partial charge in [0, 0.05) is 6.42 Å². The minimum Gasteiger partial charge on any atom is -0.462 e. The molecule has 1 atom stereocenters. The Morgan fingerprint density at radius 1 is 0.500 bits per heavy atom. The first-order chi connectivity index (χ1) is 18.7. The van der Waals surface area contributed by atoms with Gasteiger partial charge in [-0.25, -0.2) is 0 Å². The lowest BCUT2D eigenvalue weighted by molar-refractivity contribution is -0.149. The van der Waals surface area contributed by atoms with Crippen molar-refractivity contribution in [2.24, 2.45) is 0 Å². The van der Waals surface area contributed by atoms with Gasteiger partial charge in [0.05, 0.1) is 6.42 Å². The van der Waals surface area contributed by atoms with Gasteiger partial charge < -0.3 is 4.74 Å². The minimum atomic E-state index is -0.264. The molecule has 0 heterocycles. The van der Waals surface area contributed by atoms with Gasteiger partial charge in [-0.15, -0.1) is 0 Å². The molecule has 3 heteroatoms. The van der Waals surface area contributed by atoms with E-state index in [2.05, 4.69) is 13.8 Å². The van der Waals surface area contributed by atoms with Gasteiger partial charge in [0.15, 0.2) is 0 Å². The fourth-order valence-corrected chi connectivity index (χ4v) is 5.39. The average Bonchev–Trinajstić information content (AvgIpc) is 2.91. The molecule has 225 valence electrons. The molecule has 3 nitrogen and oxygen atoms in total. The Hall–Kier alpha value is -0.860. The van der Waals surface area contributed by atoms with Gasteiger partial charge in [-0.2, -0.15) is 0 Å². The van der Waals surface area contributed by atoms with Crippen molar-refractivity contribution in [3.63, 3.8) is 0 Å². The van der Waals surface area contributed by atoms with Crippen LogP contribution in [0, 0.1) is 0 Å². The summed E-state index contributed by atoms with van der Waals surface area (Å²) < 4.78 is 5.60. The standard InChI is InChI=1S/C35H67O3/c1-3-5-7-9-11-13-15-16-17-18-19-20-21-23-25-27-29-31-35(37)38-34(32-33-36)30-28-26-24-22-14-12-10-8-6-4-2/h34H,3-32H2,1-2H3. The number of ether oxygens (including phenoxy) is 1.